The van der Waals surface area contributed by atoms with Crippen molar-refractivity contribution in [2.75, 3.05) is 11.9 Å². The van der Waals surface area contributed by atoms with Crippen molar-refractivity contribution in [3.05, 3.63) is 11.1 Å². The maximum Gasteiger partial charge on any atom is 0.230 e. The summed E-state index contributed by atoms with van der Waals surface area (Å²) < 4.78 is 0. The van der Waals surface area contributed by atoms with Crippen molar-refractivity contribution in [3.63, 3.8) is 0 Å². The summed E-state index contributed by atoms with van der Waals surface area (Å²) in [7, 11) is 0. The van der Waals surface area contributed by atoms with Gasteiger partial charge in [-0.3, -0.25) is 4.79 Å². The van der Waals surface area contributed by atoms with Gasteiger partial charge in [0.25, 0.3) is 0 Å². The molecule has 0 aliphatic heterocycles. The summed E-state index contributed by atoms with van der Waals surface area (Å²) >= 11 is 1.51. The molecule has 6 heteroatoms. The minimum atomic E-state index is -0.179. The fourth-order valence-electron chi connectivity index (χ4n) is 1.01. The Morgan fingerprint density at radius 2 is 2.18 bits per heavy atom. The van der Waals surface area contributed by atoms with Crippen LogP contribution in [-0.4, -0.2) is 17.4 Å². The highest BCUT2D eigenvalue weighted by Crippen LogP contribution is 2.30. The smallest absolute Gasteiger partial charge is 0.230 e. The first-order valence-electron chi connectivity index (χ1n) is 5.32. The van der Waals surface area contributed by atoms with Gasteiger partial charge in [-0.05, 0) is 5.41 Å². The lowest BCUT2D eigenvalue weighted by Crippen LogP contribution is -2.26. The normalized spacial score (nSPS) is 12.8. The van der Waals surface area contributed by atoms with Gasteiger partial charge in [0.05, 0.1) is 0 Å². The Bertz CT molecular complexity index is 373. The zero-order chi connectivity index (χ0) is 12.3. The molecule has 17 heavy (non-hydrogen) atoms. The first-order valence-corrected chi connectivity index (χ1v) is 6.13. The molecular formula is C11H20ClN3OS. The Morgan fingerprint density at radius 3 is 2.59 bits per heavy atom. The molecule has 1 amide bonds. The molecular weight excluding hydrogens is 258 g/mol. The van der Waals surface area contributed by atoms with Crippen molar-refractivity contribution in [2.24, 2.45) is 11.7 Å². The third-order valence-corrected chi connectivity index (χ3v) is 3.61. The summed E-state index contributed by atoms with van der Waals surface area (Å²) in [4.78, 5) is 16.9. The summed E-state index contributed by atoms with van der Waals surface area (Å²) in [5, 5.41) is 3.42. The predicted octanol–water partition coefficient (Wildman–Crippen LogP) is 2.40. The van der Waals surface area contributed by atoms with Crippen molar-refractivity contribution in [1.29, 1.82) is 0 Å². The van der Waals surface area contributed by atoms with Crippen molar-refractivity contribution in [1.82, 2.24) is 4.98 Å². The Morgan fingerprint density at radius 1 is 1.59 bits per heavy atom. The van der Waals surface area contributed by atoms with Crippen molar-refractivity contribution in [3.8, 4) is 0 Å². The molecule has 98 valence electrons. The molecule has 1 atom stereocenters. The number of halogens is 1. The van der Waals surface area contributed by atoms with Crippen molar-refractivity contribution in [2.45, 2.75) is 33.1 Å². The van der Waals surface area contributed by atoms with E-state index in [2.05, 4.69) is 31.1 Å². The van der Waals surface area contributed by atoms with Crippen LogP contribution in [0.25, 0.3) is 0 Å². The molecule has 0 saturated heterocycles. The van der Waals surface area contributed by atoms with Gasteiger partial charge in [-0.15, -0.1) is 23.7 Å². The number of nitrogens with two attached hydrogens (primary N) is 1. The molecule has 0 bridgehead atoms. The molecule has 0 aliphatic carbocycles. The van der Waals surface area contributed by atoms with Gasteiger partial charge in [0.1, 0.15) is 0 Å². The van der Waals surface area contributed by atoms with Gasteiger partial charge < -0.3 is 11.1 Å². The van der Waals surface area contributed by atoms with Crippen LogP contribution in [0.5, 0.6) is 0 Å². The Labute approximate surface area is 112 Å². The zero-order valence-corrected chi connectivity index (χ0v) is 12.2. The standard InChI is InChI=1S/C11H19N3OS.ClH/c1-7(5-12)9(15)14-10-13-6-8(16-10)11(2,3)4;/h6-7H,5,12H2,1-4H3,(H,13,14,15);1H. The molecule has 0 aliphatic rings. The van der Waals surface area contributed by atoms with Crippen LogP contribution in [0.2, 0.25) is 0 Å². The monoisotopic (exact) mass is 277 g/mol. The second-order valence-electron chi connectivity index (χ2n) is 4.91. The maximum absolute atomic E-state index is 11.6. The van der Waals surface area contributed by atoms with Gasteiger partial charge in [-0.2, -0.15) is 0 Å². The van der Waals surface area contributed by atoms with E-state index in [1.165, 1.54) is 11.3 Å². The Hall–Kier alpha value is -0.650. The summed E-state index contributed by atoms with van der Waals surface area (Å²) in [6.45, 7) is 8.51. The molecule has 0 spiro atoms. The lowest BCUT2D eigenvalue weighted by atomic mass is 9.96. The highest BCUT2D eigenvalue weighted by Gasteiger charge is 2.18. The van der Waals surface area contributed by atoms with Crippen LogP contribution < -0.4 is 11.1 Å². The number of thiazole rings is 1. The molecule has 0 radical (unpaired) electrons. The molecule has 0 aromatic carbocycles. The number of hydrogen-bond donors (Lipinski definition) is 2. The SMILES string of the molecule is CC(CN)C(=O)Nc1ncc(C(C)(C)C)s1.Cl. The van der Waals surface area contributed by atoms with Crippen LogP contribution in [0.1, 0.15) is 32.6 Å². The summed E-state index contributed by atoms with van der Waals surface area (Å²) in [5.74, 6) is -0.251. The maximum atomic E-state index is 11.6. The molecule has 1 unspecified atom stereocenters. The first kappa shape index (κ1) is 16.4. The number of aromatic nitrogens is 1. The second-order valence-corrected chi connectivity index (χ2v) is 5.94. The van der Waals surface area contributed by atoms with E-state index in [9.17, 15) is 4.79 Å². The number of rotatable bonds is 3. The van der Waals surface area contributed by atoms with Crippen LogP contribution in [0.15, 0.2) is 6.20 Å². The predicted molar refractivity (Wildman–Crippen MR) is 74.9 cm³/mol. The van der Waals surface area contributed by atoms with E-state index in [0.717, 1.165) is 4.88 Å². The van der Waals surface area contributed by atoms with Gasteiger partial charge in [0.2, 0.25) is 5.91 Å². The average Bonchev–Trinajstić information content (AvgIpc) is 2.64. The molecule has 4 nitrogen and oxygen atoms in total. The molecule has 3 N–H and O–H groups in total. The van der Waals surface area contributed by atoms with Crippen LogP contribution in [0, 0.1) is 5.92 Å². The molecule has 1 aromatic heterocycles. The average molecular weight is 278 g/mol. The summed E-state index contributed by atoms with van der Waals surface area (Å²) in [6, 6.07) is 0. The van der Waals surface area contributed by atoms with E-state index < -0.39 is 0 Å². The molecule has 0 saturated carbocycles. The number of nitrogens with one attached hydrogen (secondary N) is 1. The second kappa shape index (κ2) is 6.33. The minimum absolute atomic E-state index is 0. The number of nitrogens with zero attached hydrogens (tertiary/aromatic N) is 1. The Kier molecular flexibility index (Phi) is 6.09. The number of hydrogen-bond acceptors (Lipinski definition) is 4. The van der Waals surface area contributed by atoms with E-state index in [4.69, 9.17) is 5.73 Å². The van der Waals surface area contributed by atoms with Crippen LogP contribution >= 0.6 is 23.7 Å². The zero-order valence-electron chi connectivity index (χ0n) is 10.6. The number of carbonyl (C=O) groups is 1. The highest BCUT2D eigenvalue weighted by atomic mass is 35.5. The number of anilines is 1. The minimum Gasteiger partial charge on any atom is -0.330 e. The van der Waals surface area contributed by atoms with E-state index in [-0.39, 0.29) is 29.6 Å². The largest absolute Gasteiger partial charge is 0.330 e. The van der Waals surface area contributed by atoms with E-state index in [1.807, 2.05) is 6.20 Å². The fourth-order valence-corrected chi connectivity index (χ4v) is 1.89. The van der Waals surface area contributed by atoms with E-state index in [1.54, 1.807) is 6.92 Å². The first-order chi connectivity index (χ1) is 7.34. The van der Waals surface area contributed by atoms with Gasteiger partial charge in [0.15, 0.2) is 5.13 Å². The van der Waals surface area contributed by atoms with Gasteiger partial charge in [-0.25, -0.2) is 4.98 Å². The third-order valence-electron chi connectivity index (χ3n) is 2.28. The number of amides is 1. The quantitative estimate of drug-likeness (QED) is 0.891. The Balaban J connectivity index is 0.00000256. The van der Waals surface area contributed by atoms with Gasteiger partial charge >= 0.3 is 0 Å². The van der Waals surface area contributed by atoms with Crippen LogP contribution in [0.4, 0.5) is 5.13 Å². The third kappa shape index (κ3) is 4.61. The molecule has 0 fully saturated rings. The fraction of sp³-hybridized carbons (Fsp3) is 0.636. The molecule has 1 aromatic rings. The lowest BCUT2D eigenvalue weighted by molar-refractivity contribution is -0.119. The summed E-state index contributed by atoms with van der Waals surface area (Å²) in [6.07, 6.45) is 1.81. The van der Waals surface area contributed by atoms with Crippen LogP contribution in [0.3, 0.4) is 0 Å². The van der Waals surface area contributed by atoms with Gasteiger partial charge in [0, 0.05) is 23.5 Å². The van der Waals surface area contributed by atoms with E-state index >= 15 is 0 Å². The number of carbonyl (C=O) groups excluding carboxylic acids is 1. The molecule has 1 heterocycles. The topological polar surface area (TPSA) is 68.0 Å². The lowest BCUT2D eigenvalue weighted by Gasteiger charge is -2.14. The van der Waals surface area contributed by atoms with Crippen LogP contribution in [-0.2, 0) is 10.2 Å². The van der Waals surface area contributed by atoms with E-state index in [0.29, 0.717) is 11.7 Å². The van der Waals surface area contributed by atoms with Crippen molar-refractivity contribution < 1.29 is 4.79 Å². The van der Waals surface area contributed by atoms with Gasteiger partial charge in [-0.1, -0.05) is 27.7 Å². The summed E-state index contributed by atoms with van der Waals surface area (Å²) in [5.41, 5.74) is 5.49. The molecule has 1 rings (SSSR count). The van der Waals surface area contributed by atoms with Crippen molar-refractivity contribution >= 4 is 34.8 Å². The highest BCUT2D eigenvalue weighted by molar-refractivity contribution is 7.15.